The van der Waals surface area contributed by atoms with Crippen molar-refractivity contribution in [1.82, 2.24) is 4.90 Å². The third-order valence-corrected chi connectivity index (χ3v) is 3.50. The van der Waals surface area contributed by atoms with Crippen molar-refractivity contribution in [3.63, 3.8) is 0 Å². The Balaban J connectivity index is 3.02. The maximum atomic E-state index is 12.5. The fourth-order valence-corrected chi connectivity index (χ4v) is 2.60. The van der Waals surface area contributed by atoms with E-state index in [4.69, 9.17) is 16.7 Å². The van der Waals surface area contributed by atoms with Crippen LogP contribution in [-0.4, -0.2) is 35.2 Å². The average Bonchev–Trinajstić information content (AvgIpc) is 2.24. The fraction of sp³-hybridized carbons (Fsp3) is 0.417. The molecule has 0 aromatic heterocycles. The summed E-state index contributed by atoms with van der Waals surface area (Å²) in [6.07, 6.45) is -4.48. The molecular weight excluding hydrogens is 362 g/mol. The van der Waals surface area contributed by atoms with Crippen LogP contribution in [-0.2, 0) is 4.79 Å². The number of alkyl halides is 3. The van der Waals surface area contributed by atoms with E-state index < -0.39 is 31.3 Å². The average molecular weight is 375 g/mol. The molecule has 1 N–H and O–H groups in total. The van der Waals surface area contributed by atoms with Crippen LogP contribution in [0.2, 0.25) is 5.02 Å². The van der Waals surface area contributed by atoms with Crippen molar-refractivity contribution < 1.29 is 23.1 Å². The van der Waals surface area contributed by atoms with E-state index in [2.05, 4.69) is 15.9 Å². The maximum Gasteiger partial charge on any atom is 0.401 e. The van der Waals surface area contributed by atoms with Gasteiger partial charge in [0.15, 0.2) is 0 Å². The second-order valence-electron chi connectivity index (χ2n) is 4.26. The zero-order valence-electron chi connectivity index (χ0n) is 10.4. The van der Waals surface area contributed by atoms with Crippen LogP contribution >= 0.6 is 27.5 Å². The summed E-state index contributed by atoms with van der Waals surface area (Å²) in [6, 6.07) is 4.00. The van der Waals surface area contributed by atoms with E-state index in [0.29, 0.717) is 10.0 Å². The molecule has 0 amide bonds. The lowest BCUT2D eigenvalue weighted by atomic mass is 10.1. The van der Waals surface area contributed by atoms with Crippen molar-refractivity contribution in [2.45, 2.75) is 19.1 Å². The number of nitrogens with zero attached hydrogens (tertiary/aromatic N) is 1. The summed E-state index contributed by atoms with van der Waals surface area (Å²) in [5.41, 5.74) is 0.445. The summed E-state index contributed by atoms with van der Waals surface area (Å²) in [5, 5.41) is 9.02. The number of carboxylic acid groups (broad SMARTS) is 1. The van der Waals surface area contributed by atoms with Gasteiger partial charge in [0.25, 0.3) is 0 Å². The first-order chi connectivity index (χ1) is 9.10. The first-order valence-corrected chi connectivity index (χ1v) is 6.75. The van der Waals surface area contributed by atoms with Gasteiger partial charge in [0.2, 0.25) is 0 Å². The second kappa shape index (κ2) is 6.78. The molecule has 0 radical (unpaired) electrons. The third-order valence-electron chi connectivity index (χ3n) is 2.68. The van der Waals surface area contributed by atoms with Crippen LogP contribution in [0.1, 0.15) is 18.5 Å². The first kappa shape index (κ1) is 17.3. The van der Waals surface area contributed by atoms with Gasteiger partial charge in [-0.05, 0) is 24.6 Å². The molecule has 1 aromatic carbocycles. The van der Waals surface area contributed by atoms with Crippen molar-refractivity contribution in [1.29, 1.82) is 0 Å². The molecule has 0 aliphatic heterocycles. The number of halogens is 5. The van der Waals surface area contributed by atoms with Gasteiger partial charge in [-0.1, -0.05) is 33.6 Å². The van der Waals surface area contributed by atoms with E-state index in [1.807, 2.05) is 0 Å². The molecule has 0 aliphatic rings. The van der Waals surface area contributed by atoms with Gasteiger partial charge in [-0.2, -0.15) is 13.2 Å². The number of hydrogen-bond acceptors (Lipinski definition) is 2. The quantitative estimate of drug-likeness (QED) is 0.843. The Labute approximate surface area is 127 Å². The van der Waals surface area contributed by atoms with E-state index in [-0.39, 0.29) is 5.02 Å². The highest BCUT2D eigenvalue weighted by molar-refractivity contribution is 9.10. The lowest BCUT2D eigenvalue weighted by molar-refractivity contribution is -0.157. The molecule has 8 heteroatoms. The molecule has 20 heavy (non-hydrogen) atoms. The highest BCUT2D eigenvalue weighted by Crippen LogP contribution is 2.31. The number of benzene rings is 1. The molecule has 0 saturated carbocycles. The minimum absolute atomic E-state index is 0.282. The topological polar surface area (TPSA) is 40.5 Å². The van der Waals surface area contributed by atoms with Crippen LogP contribution in [0.4, 0.5) is 13.2 Å². The monoisotopic (exact) mass is 373 g/mol. The molecule has 0 fully saturated rings. The highest BCUT2D eigenvalue weighted by Gasteiger charge is 2.34. The van der Waals surface area contributed by atoms with Crippen LogP contribution in [0.3, 0.4) is 0 Å². The van der Waals surface area contributed by atoms with Crippen LogP contribution in [0, 0.1) is 0 Å². The van der Waals surface area contributed by atoms with Gasteiger partial charge >= 0.3 is 12.1 Å². The fourth-order valence-electron chi connectivity index (χ4n) is 1.77. The van der Waals surface area contributed by atoms with Gasteiger partial charge in [0.1, 0.15) is 0 Å². The smallest absolute Gasteiger partial charge is 0.401 e. The molecule has 0 spiro atoms. The Kier molecular flexibility index (Phi) is 5.85. The van der Waals surface area contributed by atoms with Gasteiger partial charge in [-0.3, -0.25) is 9.69 Å². The Morgan fingerprint density at radius 1 is 1.50 bits per heavy atom. The molecule has 0 saturated heterocycles. The Hall–Kier alpha value is -0.790. The van der Waals surface area contributed by atoms with Crippen molar-refractivity contribution in [2.75, 3.05) is 13.1 Å². The molecule has 0 bridgehead atoms. The zero-order valence-corrected chi connectivity index (χ0v) is 12.8. The normalized spacial score (nSPS) is 13.6. The second-order valence-corrected chi connectivity index (χ2v) is 5.58. The van der Waals surface area contributed by atoms with Crippen molar-refractivity contribution in [3.8, 4) is 0 Å². The summed E-state index contributed by atoms with van der Waals surface area (Å²) < 4.78 is 38.3. The third kappa shape index (κ3) is 5.30. The van der Waals surface area contributed by atoms with E-state index in [1.165, 1.54) is 6.92 Å². The predicted octanol–water partition coefficient (Wildman–Crippen LogP) is 4.11. The Bertz CT molecular complexity index is 496. The Morgan fingerprint density at radius 2 is 2.10 bits per heavy atom. The van der Waals surface area contributed by atoms with Gasteiger partial charge in [0.05, 0.1) is 13.1 Å². The molecule has 3 nitrogen and oxygen atoms in total. The molecule has 0 heterocycles. The summed E-state index contributed by atoms with van der Waals surface area (Å²) in [6.45, 7) is -0.538. The van der Waals surface area contributed by atoms with Gasteiger partial charge in [-0.25, -0.2) is 0 Å². The predicted molar refractivity (Wildman–Crippen MR) is 72.8 cm³/mol. The van der Waals surface area contributed by atoms with E-state index in [1.54, 1.807) is 18.2 Å². The lowest BCUT2D eigenvalue weighted by Crippen LogP contribution is -2.39. The lowest BCUT2D eigenvalue weighted by Gasteiger charge is -2.29. The van der Waals surface area contributed by atoms with Crippen LogP contribution in [0.25, 0.3) is 0 Å². The van der Waals surface area contributed by atoms with Crippen LogP contribution in [0.5, 0.6) is 0 Å². The number of rotatable bonds is 5. The number of hydrogen-bond donors (Lipinski definition) is 1. The largest absolute Gasteiger partial charge is 0.480 e. The van der Waals surface area contributed by atoms with E-state index in [9.17, 15) is 18.0 Å². The number of aliphatic carboxylic acids is 1. The van der Waals surface area contributed by atoms with Gasteiger partial charge in [0, 0.05) is 15.5 Å². The standard InChI is InChI=1S/C12H12BrClF3NO2/c1-7(9-3-2-8(13)4-10(9)14)18(5-11(19)20)6-12(15,16)17/h2-4,7H,5-6H2,1H3,(H,19,20). The van der Waals surface area contributed by atoms with Crippen molar-refractivity contribution in [2.24, 2.45) is 0 Å². The summed E-state index contributed by atoms with van der Waals surface area (Å²) in [5.74, 6) is -1.32. The maximum absolute atomic E-state index is 12.5. The molecule has 1 atom stereocenters. The number of carboxylic acids is 1. The van der Waals surface area contributed by atoms with Gasteiger partial charge in [-0.15, -0.1) is 0 Å². The minimum atomic E-state index is -4.48. The molecule has 1 rings (SSSR count). The summed E-state index contributed by atoms with van der Waals surface area (Å²) >= 11 is 9.19. The molecule has 1 aromatic rings. The van der Waals surface area contributed by atoms with E-state index >= 15 is 0 Å². The highest BCUT2D eigenvalue weighted by atomic mass is 79.9. The Morgan fingerprint density at radius 3 is 2.55 bits per heavy atom. The van der Waals surface area contributed by atoms with E-state index in [0.717, 1.165) is 4.90 Å². The molecule has 0 aliphatic carbocycles. The number of carbonyl (C=O) groups is 1. The summed E-state index contributed by atoms with van der Waals surface area (Å²) in [4.78, 5) is 11.5. The molecular formula is C12H12BrClF3NO2. The summed E-state index contributed by atoms with van der Waals surface area (Å²) in [7, 11) is 0. The van der Waals surface area contributed by atoms with Gasteiger partial charge < -0.3 is 5.11 Å². The van der Waals surface area contributed by atoms with Crippen molar-refractivity contribution in [3.05, 3.63) is 33.3 Å². The van der Waals surface area contributed by atoms with Crippen LogP contribution in [0.15, 0.2) is 22.7 Å². The van der Waals surface area contributed by atoms with Crippen LogP contribution < -0.4 is 0 Å². The molecule has 112 valence electrons. The van der Waals surface area contributed by atoms with Crippen molar-refractivity contribution >= 4 is 33.5 Å². The first-order valence-electron chi connectivity index (χ1n) is 5.57. The SMILES string of the molecule is CC(c1ccc(Br)cc1Cl)N(CC(=O)O)CC(F)(F)F. The molecule has 1 unspecified atom stereocenters. The zero-order chi connectivity index (χ0) is 15.5. The minimum Gasteiger partial charge on any atom is -0.480 e.